The Bertz CT molecular complexity index is 496. The number of carbonyl (C=O) groups is 1. The maximum absolute atomic E-state index is 11.2. The molecule has 1 aliphatic rings. The molecular formula is C14H18N2O2S. The molecule has 0 aromatic heterocycles. The summed E-state index contributed by atoms with van der Waals surface area (Å²) in [6.07, 6.45) is 1.52. The number of rotatable bonds is 2. The van der Waals surface area contributed by atoms with Gasteiger partial charge in [-0.25, -0.2) is 4.79 Å². The molecular weight excluding hydrogens is 260 g/mol. The summed E-state index contributed by atoms with van der Waals surface area (Å²) in [4.78, 5) is 12.9. The zero-order valence-electron chi connectivity index (χ0n) is 11.1. The van der Waals surface area contributed by atoms with Gasteiger partial charge in [-0.1, -0.05) is 18.2 Å². The monoisotopic (exact) mass is 278 g/mol. The van der Waals surface area contributed by atoms with Gasteiger partial charge in [-0.15, -0.1) is 0 Å². The zero-order chi connectivity index (χ0) is 14.0. The third kappa shape index (κ3) is 2.87. The van der Waals surface area contributed by atoms with Gasteiger partial charge in [0.05, 0.1) is 0 Å². The van der Waals surface area contributed by atoms with E-state index in [2.05, 4.69) is 5.32 Å². The highest BCUT2D eigenvalue weighted by Gasteiger charge is 2.32. The number of carboxylic acids is 1. The van der Waals surface area contributed by atoms with E-state index in [9.17, 15) is 9.90 Å². The molecule has 5 heteroatoms. The van der Waals surface area contributed by atoms with Crippen molar-refractivity contribution in [1.82, 2.24) is 4.90 Å². The summed E-state index contributed by atoms with van der Waals surface area (Å²) < 4.78 is 0. The molecule has 0 spiro atoms. The average Bonchev–Trinajstić information content (AvgIpc) is 2.83. The fourth-order valence-corrected chi connectivity index (χ4v) is 2.78. The highest BCUT2D eigenvalue weighted by atomic mass is 32.1. The Hall–Kier alpha value is -1.62. The van der Waals surface area contributed by atoms with E-state index in [0.29, 0.717) is 18.1 Å². The minimum absolute atomic E-state index is 0.496. The topological polar surface area (TPSA) is 52.6 Å². The van der Waals surface area contributed by atoms with Gasteiger partial charge in [0.15, 0.2) is 5.11 Å². The quantitative estimate of drug-likeness (QED) is 0.814. The van der Waals surface area contributed by atoms with Crippen LogP contribution >= 0.6 is 12.2 Å². The van der Waals surface area contributed by atoms with Crippen molar-refractivity contribution in [1.29, 1.82) is 0 Å². The Morgan fingerprint density at radius 2 is 2.05 bits per heavy atom. The van der Waals surface area contributed by atoms with Gasteiger partial charge >= 0.3 is 5.97 Å². The molecule has 0 radical (unpaired) electrons. The Kier molecular flexibility index (Phi) is 4.04. The van der Waals surface area contributed by atoms with Crippen molar-refractivity contribution in [2.75, 3.05) is 11.9 Å². The molecule has 102 valence electrons. The minimum atomic E-state index is -0.803. The number of aliphatic carboxylic acids is 1. The van der Waals surface area contributed by atoms with Crippen LogP contribution in [0, 0.1) is 13.8 Å². The molecule has 0 saturated carbocycles. The van der Waals surface area contributed by atoms with Crippen molar-refractivity contribution in [3.05, 3.63) is 29.3 Å². The number of nitrogens with zero attached hydrogens (tertiary/aromatic N) is 1. The molecule has 1 aromatic carbocycles. The molecule has 2 rings (SSSR count). The summed E-state index contributed by atoms with van der Waals surface area (Å²) in [6.45, 7) is 4.72. The smallest absolute Gasteiger partial charge is 0.326 e. The van der Waals surface area contributed by atoms with Crippen molar-refractivity contribution in [3.8, 4) is 0 Å². The predicted octanol–water partition coefficient (Wildman–Crippen LogP) is 2.55. The number of nitrogens with one attached hydrogen (secondary N) is 1. The number of carboxylic acid groups (broad SMARTS) is 1. The van der Waals surface area contributed by atoms with Crippen LogP contribution in [-0.4, -0.2) is 33.7 Å². The van der Waals surface area contributed by atoms with Gasteiger partial charge in [0, 0.05) is 12.2 Å². The Balaban J connectivity index is 2.15. The SMILES string of the molecule is Cc1cccc(C)c1NC(=S)N1CCC[C@@H]1C(=O)O. The number of benzene rings is 1. The van der Waals surface area contributed by atoms with Crippen molar-refractivity contribution in [2.24, 2.45) is 0 Å². The predicted molar refractivity (Wildman–Crippen MR) is 79.5 cm³/mol. The molecule has 0 aliphatic carbocycles. The van der Waals surface area contributed by atoms with Gasteiger partial charge in [0.25, 0.3) is 0 Å². The molecule has 4 nitrogen and oxygen atoms in total. The van der Waals surface area contributed by atoms with Crippen LogP contribution in [0.3, 0.4) is 0 Å². The summed E-state index contributed by atoms with van der Waals surface area (Å²) in [5.74, 6) is -0.803. The van der Waals surface area contributed by atoms with Crippen LogP contribution < -0.4 is 5.32 Å². The van der Waals surface area contributed by atoms with Crippen LogP contribution in [-0.2, 0) is 4.79 Å². The van der Waals surface area contributed by atoms with Crippen molar-refractivity contribution < 1.29 is 9.90 Å². The number of thiocarbonyl (C=S) groups is 1. The number of aryl methyl sites for hydroxylation is 2. The first-order valence-corrected chi connectivity index (χ1v) is 6.78. The summed E-state index contributed by atoms with van der Waals surface area (Å²) in [5.41, 5.74) is 3.19. The van der Waals surface area contributed by atoms with Gasteiger partial charge in [-0.05, 0) is 50.0 Å². The largest absolute Gasteiger partial charge is 0.480 e. The lowest BCUT2D eigenvalue weighted by Gasteiger charge is -2.25. The Morgan fingerprint density at radius 1 is 1.42 bits per heavy atom. The van der Waals surface area contributed by atoms with Crippen LogP contribution in [0.5, 0.6) is 0 Å². The van der Waals surface area contributed by atoms with E-state index in [1.807, 2.05) is 32.0 Å². The van der Waals surface area contributed by atoms with E-state index >= 15 is 0 Å². The van der Waals surface area contributed by atoms with Crippen LogP contribution in [0.4, 0.5) is 5.69 Å². The third-order valence-corrected chi connectivity index (χ3v) is 3.85. The summed E-state index contributed by atoms with van der Waals surface area (Å²) in [5, 5.41) is 12.9. The molecule has 1 atom stereocenters. The molecule has 1 aliphatic heterocycles. The lowest BCUT2D eigenvalue weighted by atomic mass is 10.1. The molecule has 0 bridgehead atoms. The van der Waals surface area contributed by atoms with E-state index < -0.39 is 12.0 Å². The minimum Gasteiger partial charge on any atom is -0.480 e. The number of para-hydroxylation sites is 1. The van der Waals surface area contributed by atoms with Gasteiger partial charge in [0.2, 0.25) is 0 Å². The van der Waals surface area contributed by atoms with E-state index in [-0.39, 0.29) is 0 Å². The van der Waals surface area contributed by atoms with Crippen molar-refractivity contribution in [2.45, 2.75) is 32.7 Å². The van der Waals surface area contributed by atoms with Gasteiger partial charge in [-0.2, -0.15) is 0 Å². The van der Waals surface area contributed by atoms with Gasteiger partial charge < -0.3 is 15.3 Å². The van der Waals surface area contributed by atoms with Gasteiger partial charge in [-0.3, -0.25) is 0 Å². The van der Waals surface area contributed by atoms with E-state index in [1.54, 1.807) is 4.90 Å². The number of likely N-dealkylation sites (tertiary alicyclic amines) is 1. The molecule has 2 N–H and O–H groups in total. The first-order valence-electron chi connectivity index (χ1n) is 6.37. The van der Waals surface area contributed by atoms with Crippen LogP contribution in [0.15, 0.2) is 18.2 Å². The number of anilines is 1. The highest BCUT2D eigenvalue weighted by molar-refractivity contribution is 7.80. The molecule has 1 fully saturated rings. The van der Waals surface area contributed by atoms with Crippen LogP contribution in [0.1, 0.15) is 24.0 Å². The lowest BCUT2D eigenvalue weighted by Crippen LogP contribution is -2.42. The second kappa shape index (κ2) is 5.57. The molecule has 0 unspecified atom stereocenters. The molecule has 19 heavy (non-hydrogen) atoms. The second-order valence-electron chi connectivity index (χ2n) is 4.89. The third-order valence-electron chi connectivity index (χ3n) is 3.51. The lowest BCUT2D eigenvalue weighted by molar-refractivity contribution is -0.140. The molecule has 1 saturated heterocycles. The van der Waals surface area contributed by atoms with Gasteiger partial charge in [0.1, 0.15) is 6.04 Å². The van der Waals surface area contributed by atoms with E-state index in [0.717, 1.165) is 23.2 Å². The fourth-order valence-electron chi connectivity index (χ4n) is 2.46. The number of hydrogen-bond donors (Lipinski definition) is 2. The average molecular weight is 278 g/mol. The first-order chi connectivity index (χ1) is 9.00. The zero-order valence-corrected chi connectivity index (χ0v) is 12.0. The second-order valence-corrected chi connectivity index (χ2v) is 5.27. The Morgan fingerprint density at radius 3 is 2.63 bits per heavy atom. The first kappa shape index (κ1) is 13.8. The standard InChI is InChI=1S/C14H18N2O2S/c1-9-5-3-6-10(2)12(9)15-14(19)16-8-4-7-11(16)13(17)18/h3,5-6,11H,4,7-8H2,1-2H3,(H,15,19)(H,17,18)/t11-/m1/s1. The fraction of sp³-hybridized carbons (Fsp3) is 0.429. The maximum atomic E-state index is 11.2. The van der Waals surface area contributed by atoms with E-state index in [1.165, 1.54) is 0 Å². The van der Waals surface area contributed by atoms with Crippen LogP contribution in [0.25, 0.3) is 0 Å². The molecule has 1 aromatic rings. The molecule has 1 heterocycles. The van der Waals surface area contributed by atoms with Crippen molar-refractivity contribution in [3.63, 3.8) is 0 Å². The summed E-state index contributed by atoms with van der Waals surface area (Å²) >= 11 is 5.36. The maximum Gasteiger partial charge on any atom is 0.326 e. The Labute approximate surface area is 118 Å². The van der Waals surface area contributed by atoms with E-state index in [4.69, 9.17) is 12.2 Å². The van der Waals surface area contributed by atoms with Crippen molar-refractivity contribution >= 4 is 29.0 Å². The summed E-state index contributed by atoms with van der Waals surface area (Å²) in [6, 6.07) is 5.52. The highest BCUT2D eigenvalue weighted by Crippen LogP contribution is 2.23. The normalized spacial score (nSPS) is 18.4. The molecule has 0 amide bonds. The van der Waals surface area contributed by atoms with Crippen LogP contribution in [0.2, 0.25) is 0 Å². The summed E-state index contributed by atoms with van der Waals surface area (Å²) in [7, 11) is 0. The number of hydrogen-bond acceptors (Lipinski definition) is 2.